The standard InChI is InChI=1S/C14H19BrN2O/c1-10-4-3-5-11(2)17(10)16-9-12-8-13(15)6-7-14(12)18/h6-11,18H,3-5H2,1-2H3/b16-9+/t10-,11-/m1/s1. The number of phenolic OH excluding ortho intramolecular Hbond substituents is 1. The molecular formula is C14H19BrN2O. The fourth-order valence-electron chi connectivity index (χ4n) is 2.39. The van der Waals surface area contributed by atoms with Crippen LogP contribution in [0.15, 0.2) is 27.8 Å². The van der Waals surface area contributed by atoms with Crippen LogP contribution in [0, 0.1) is 0 Å². The number of hydrogen-bond acceptors (Lipinski definition) is 3. The second-order valence-corrected chi connectivity index (χ2v) is 5.87. The summed E-state index contributed by atoms with van der Waals surface area (Å²) in [5.74, 6) is 0.263. The molecule has 0 radical (unpaired) electrons. The van der Waals surface area contributed by atoms with E-state index in [1.807, 2.05) is 12.1 Å². The van der Waals surface area contributed by atoms with Crippen molar-refractivity contribution in [1.82, 2.24) is 5.01 Å². The van der Waals surface area contributed by atoms with Gasteiger partial charge in [-0.25, -0.2) is 0 Å². The minimum Gasteiger partial charge on any atom is -0.507 e. The second-order valence-electron chi connectivity index (χ2n) is 4.96. The highest BCUT2D eigenvalue weighted by Crippen LogP contribution is 2.24. The van der Waals surface area contributed by atoms with Gasteiger partial charge in [-0.2, -0.15) is 5.10 Å². The fraction of sp³-hybridized carbons (Fsp3) is 0.500. The van der Waals surface area contributed by atoms with Crippen molar-refractivity contribution in [2.24, 2.45) is 5.10 Å². The molecular weight excluding hydrogens is 292 g/mol. The van der Waals surface area contributed by atoms with Crippen molar-refractivity contribution in [2.45, 2.75) is 45.2 Å². The van der Waals surface area contributed by atoms with Gasteiger partial charge >= 0.3 is 0 Å². The Morgan fingerprint density at radius 2 is 2.00 bits per heavy atom. The molecule has 0 unspecified atom stereocenters. The highest BCUT2D eigenvalue weighted by atomic mass is 79.9. The van der Waals surface area contributed by atoms with Gasteiger partial charge in [0, 0.05) is 22.1 Å². The summed E-state index contributed by atoms with van der Waals surface area (Å²) in [4.78, 5) is 0. The van der Waals surface area contributed by atoms with Crippen LogP contribution in [0.3, 0.4) is 0 Å². The minimum absolute atomic E-state index is 0.263. The molecule has 1 saturated heterocycles. The van der Waals surface area contributed by atoms with E-state index in [1.54, 1.807) is 12.3 Å². The molecule has 0 saturated carbocycles. The van der Waals surface area contributed by atoms with Crippen molar-refractivity contribution in [3.8, 4) is 5.75 Å². The lowest BCUT2D eigenvalue weighted by atomic mass is 10.00. The van der Waals surface area contributed by atoms with Gasteiger partial charge in [-0.15, -0.1) is 0 Å². The van der Waals surface area contributed by atoms with Crippen molar-refractivity contribution in [3.63, 3.8) is 0 Å². The van der Waals surface area contributed by atoms with Crippen molar-refractivity contribution in [2.75, 3.05) is 0 Å². The van der Waals surface area contributed by atoms with Crippen molar-refractivity contribution in [1.29, 1.82) is 0 Å². The minimum atomic E-state index is 0.263. The Morgan fingerprint density at radius 1 is 1.33 bits per heavy atom. The third kappa shape index (κ3) is 3.05. The molecule has 98 valence electrons. The van der Waals surface area contributed by atoms with Gasteiger partial charge in [-0.3, -0.25) is 5.01 Å². The first-order chi connectivity index (χ1) is 8.58. The molecule has 0 spiro atoms. The van der Waals surface area contributed by atoms with Gasteiger partial charge in [0.05, 0.1) is 6.21 Å². The SMILES string of the molecule is C[C@@H]1CCC[C@@H](C)N1/N=C/c1cc(Br)ccc1O. The van der Waals surface area contributed by atoms with Gasteiger partial charge in [0.15, 0.2) is 0 Å². The zero-order valence-electron chi connectivity index (χ0n) is 10.8. The van der Waals surface area contributed by atoms with Crippen LogP contribution in [-0.2, 0) is 0 Å². The van der Waals surface area contributed by atoms with Gasteiger partial charge in [-0.05, 0) is 51.3 Å². The van der Waals surface area contributed by atoms with Crippen LogP contribution in [0.5, 0.6) is 5.75 Å². The Hall–Kier alpha value is -1.03. The van der Waals surface area contributed by atoms with E-state index < -0.39 is 0 Å². The van der Waals surface area contributed by atoms with E-state index in [0.717, 1.165) is 10.0 Å². The van der Waals surface area contributed by atoms with Crippen molar-refractivity contribution >= 4 is 22.1 Å². The summed E-state index contributed by atoms with van der Waals surface area (Å²) in [5, 5.41) is 16.5. The molecule has 1 N–H and O–H groups in total. The number of piperidine rings is 1. The van der Waals surface area contributed by atoms with Gasteiger partial charge in [0.2, 0.25) is 0 Å². The van der Waals surface area contributed by atoms with Crippen LogP contribution in [-0.4, -0.2) is 28.4 Å². The number of nitrogens with zero attached hydrogens (tertiary/aromatic N) is 2. The Labute approximate surface area is 117 Å². The summed E-state index contributed by atoms with van der Waals surface area (Å²) in [5.41, 5.74) is 0.745. The van der Waals surface area contributed by atoms with Gasteiger partial charge in [0.25, 0.3) is 0 Å². The molecule has 0 bridgehead atoms. The molecule has 1 aromatic rings. The average molecular weight is 311 g/mol. The second kappa shape index (κ2) is 5.74. The third-order valence-corrected chi connectivity index (χ3v) is 3.96. The number of aromatic hydroxyl groups is 1. The summed E-state index contributed by atoms with van der Waals surface area (Å²) in [7, 11) is 0. The summed E-state index contributed by atoms with van der Waals surface area (Å²) >= 11 is 3.40. The molecule has 0 aromatic heterocycles. The van der Waals surface area contributed by atoms with E-state index in [9.17, 15) is 5.11 Å². The van der Waals surface area contributed by atoms with Crippen molar-refractivity contribution in [3.05, 3.63) is 28.2 Å². The lowest BCUT2D eigenvalue weighted by Gasteiger charge is -2.36. The molecule has 1 fully saturated rings. The predicted octanol–water partition coefficient (Wildman–Crippen LogP) is 3.75. The number of hydrogen-bond donors (Lipinski definition) is 1. The summed E-state index contributed by atoms with van der Waals surface area (Å²) in [6.07, 6.45) is 5.40. The Balaban J connectivity index is 2.16. The van der Waals surface area contributed by atoms with E-state index >= 15 is 0 Å². The maximum atomic E-state index is 9.77. The summed E-state index contributed by atoms with van der Waals surface area (Å²) < 4.78 is 0.946. The number of rotatable bonds is 2. The molecule has 4 heteroatoms. The number of halogens is 1. The number of phenols is 1. The normalized spacial score (nSPS) is 24.7. The molecule has 1 heterocycles. The monoisotopic (exact) mass is 310 g/mol. The zero-order chi connectivity index (χ0) is 13.1. The van der Waals surface area contributed by atoms with Crippen LogP contribution in [0.4, 0.5) is 0 Å². The molecule has 18 heavy (non-hydrogen) atoms. The molecule has 2 rings (SSSR count). The van der Waals surface area contributed by atoms with Crippen LogP contribution in [0.2, 0.25) is 0 Å². The maximum absolute atomic E-state index is 9.77. The first-order valence-electron chi connectivity index (χ1n) is 6.39. The highest BCUT2D eigenvalue weighted by molar-refractivity contribution is 9.10. The van der Waals surface area contributed by atoms with Crippen LogP contribution in [0.1, 0.15) is 38.7 Å². The first-order valence-corrected chi connectivity index (χ1v) is 7.18. The van der Waals surface area contributed by atoms with Crippen LogP contribution in [0.25, 0.3) is 0 Å². The van der Waals surface area contributed by atoms with E-state index in [1.165, 1.54) is 19.3 Å². The maximum Gasteiger partial charge on any atom is 0.124 e. The fourth-order valence-corrected chi connectivity index (χ4v) is 2.77. The smallest absolute Gasteiger partial charge is 0.124 e. The third-order valence-electron chi connectivity index (χ3n) is 3.47. The predicted molar refractivity (Wildman–Crippen MR) is 78.0 cm³/mol. The van der Waals surface area contributed by atoms with Gasteiger partial charge < -0.3 is 5.11 Å². The quantitative estimate of drug-likeness (QED) is 0.844. The van der Waals surface area contributed by atoms with E-state index in [-0.39, 0.29) is 5.75 Å². The van der Waals surface area contributed by atoms with Gasteiger partial charge in [0.1, 0.15) is 5.75 Å². The van der Waals surface area contributed by atoms with E-state index in [2.05, 4.69) is 39.9 Å². The van der Waals surface area contributed by atoms with E-state index in [4.69, 9.17) is 0 Å². The Bertz CT molecular complexity index is 437. The van der Waals surface area contributed by atoms with E-state index in [0.29, 0.717) is 12.1 Å². The largest absolute Gasteiger partial charge is 0.507 e. The molecule has 0 amide bonds. The molecule has 1 aromatic carbocycles. The number of hydrazone groups is 1. The molecule has 0 aliphatic carbocycles. The van der Waals surface area contributed by atoms with Crippen LogP contribution >= 0.6 is 15.9 Å². The molecule has 1 aliphatic heterocycles. The average Bonchev–Trinajstić information content (AvgIpc) is 2.33. The zero-order valence-corrected chi connectivity index (χ0v) is 12.4. The Morgan fingerprint density at radius 3 is 2.67 bits per heavy atom. The molecule has 3 nitrogen and oxygen atoms in total. The molecule has 1 aliphatic rings. The lowest BCUT2D eigenvalue weighted by Crippen LogP contribution is -2.39. The lowest BCUT2D eigenvalue weighted by molar-refractivity contribution is 0.109. The summed E-state index contributed by atoms with van der Waals surface area (Å²) in [6.45, 7) is 4.40. The number of benzene rings is 1. The highest BCUT2D eigenvalue weighted by Gasteiger charge is 2.22. The van der Waals surface area contributed by atoms with Crippen molar-refractivity contribution < 1.29 is 5.11 Å². The Kier molecular flexibility index (Phi) is 4.27. The van der Waals surface area contributed by atoms with Crippen LogP contribution < -0.4 is 0 Å². The summed E-state index contributed by atoms with van der Waals surface area (Å²) in [6, 6.07) is 6.31. The topological polar surface area (TPSA) is 35.8 Å². The first kappa shape index (κ1) is 13.4. The molecule has 2 atom stereocenters. The van der Waals surface area contributed by atoms with Gasteiger partial charge in [-0.1, -0.05) is 15.9 Å².